The van der Waals surface area contributed by atoms with Gasteiger partial charge in [-0.1, -0.05) is 36.4 Å². The lowest BCUT2D eigenvalue weighted by Gasteiger charge is -2.16. The van der Waals surface area contributed by atoms with E-state index in [-0.39, 0.29) is 18.1 Å². The monoisotopic (exact) mass is 397 g/mol. The number of ether oxygens (including phenoxy) is 1. The van der Waals surface area contributed by atoms with Crippen LogP contribution in [0.1, 0.15) is 56.1 Å². The van der Waals surface area contributed by atoms with Crippen molar-refractivity contribution in [3.05, 3.63) is 99.7 Å². The molecule has 30 heavy (non-hydrogen) atoms. The Bertz CT molecular complexity index is 1160. The van der Waals surface area contributed by atoms with Crippen LogP contribution in [-0.4, -0.2) is 10.9 Å². The molecule has 5 heteroatoms. The molecular formula is C25H23N3O2. The number of amides is 1. The standard InChI is InChI=1S/C25H23N3O2/c1-14-10-23(26)28-15(2)21(14)13-27-25(29)17-8-9-18-20(11-17)24-19(12-22(18)30-24)16-6-4-3-5-7-16/h3-12,22,24H,13H2,1-2H3,(H2,26,28)(H,27,29). The van der Waals surface area contributed by atoms with E-state index in [9.17, 15) is 4.79 Å². The van der Waals surface area contributed by atoms with Gasteiger partial charge in [0, 0.05) is 17.8 Å². The highest BCUT2D eigenvalue weighted by atomic mass is 16.5. The zero-order valence-corrected chi connectivity index (χ0v) is 17.0. The van der Waals surface area contributed by atoms with Gasteiger partial charge in [-0.05, 0) is 71.5 Å². The normalized spacial score (nSPS) is 18.8. The molecule has 5 rings (SSSR count). The quantitative estimate of drug-likeness (QED) is 0.683. The second-order valence-corrected chi connectivity index (χ2v) is 7.88. The number of aromatic nitrogens is 1. The fourth-order valence-electron chi connectivity index (χ4n) is 4.42. The number of hydrogen-bond donors (Lipinski definition) is 2. The van der Waals surface area contributed by atoms with Crippen LogP contribution in [0.15, 0.2) is 60.7 Å². The summed E-state index contributed by atoms with van der Waals surface area (Å²) in [4.78, 5) is 17.2. The number of fused-ring (bicyclic) bond motifs is 5. The van der Waals surface area contributed by atoms with Gasteiger partial charge in [0.2, 0.25) is 0 Å². The number of nitrogens with zero attached hydrogens (tertiary/aromatic N) is 1. The van der Waals surface area contributed by atoms with Crippen LogP contribution >= 0.6 is 0 Å². The fourth-order valence-corrected chi connectivity index (χ4v) is 4.42. The Morgan fingerprint density at radius 2 is 1.90 bits per heavy atom. The third kappa shape index (κ3) is 3.08. The summed E-state index contributed by atoms with van der Waals surface area (Å²) < 4.78 is 6.17. The smallest absolute Gasteiger partial charge is 0.251 e. The molecule has 2 bridgehead atoms. The summed E-state index contributed by atoms with van der Waals surface area (Å²) in [7, 11) is 0. The molecule has 0 radical (unpaired) electrons. The van der Waals surface area contributed by atoms with Gasteiger partial charge in [0.25, 0.3) is 5.91 Å². The first-order valence-corrected chi connectivity index (χ1v) is 10.1. The first-order valence-electron chi connectivity index (χ1n) is 10.1. The van der Waals surface area contributed by atoms with Crippen molar-refractivity contribution in [1.29, 1.82) is 0 Å². The molecule has 3 N–H and O–H groups in total. The van der Waals surface area contributed by atoms with E-state index >= 15 is 0 Å². The summed E-state index contributed by atoms with van der Waals surface area (Å²) in [6.07, 6.45) is 2.02. The number of nitrogen functional groups attached to an aromatic ring is 1. The second-order valence-electron chi connectivity index (χ2n) is 7.88. The van der Waals surface area contributed by atoms with Gasteiger partial charge in [-0.15, -0.1) is 0 Å². The number of carbonyl (C=O) groups is 1. The van der Waals surface area contributed by atoms with E-state index in [1.807, 2.05) is 56.3 Å². The summed E-state index contributed by atoms with van der Waals surface area (Å²) in [5, 5.41) is 3.02. The SMILES string of the molecule is Cc1cc(N)nc(C)c1CNC(=O)c1ccc2c(c1)C1OC2C=C1c1ccccc1. The van der Waals surface area contributed by atoms with Crippen LogP contribution < -0.4 is 11.1 Å². The van der Waals surface area contributed by atoms with Crippen molar-refractivity contribution in [3.8, 4) is 0 Å². The zero-order valence-electron chi connectivity index (χ0n) is 17.0. The summed E-state index contributed by atoms with van der Waals surface area (Å²) in [6, 6.07) is 17.9. The molecule has 0 aliphatic carbocycles. The Morgan fingerprint density at radius 3 is 2.67 bits per heavy atom. The number of pyridine rings is 1. The summed E-state index contributed by atoms with van der Waals surface area (Å²) in [5.41, 5.74) is 13.8. The van der Waals surface area contributed by atoms with Crippen LogP contribution in [-0.2, 0) is 11.3 Å². The van der Waals surface area contributed by atoms with E-state index in [0.717, 1.165) is 33.5 Å². The molecule has 2 aromatic carbocycles. The van der Waals surface area contributed by atoms with E-state index < -0.39 is 0 Å². The third-order valence-corrected chi connectivity index (χ3v) is 5.94. The zero-order chi connectivity index (χ0) is 20.8. The molecule has 5 nitrogen and oxygen atoms in total. The van der Waals surface area contributed by atoms with Crippen LogP contribution in [0.5, 0.6) is 0 Å². The van der Waals surface area contributed by atoms with Crippen molar-refractivity contribution in [2.45, 2.75) is 32.6 Å². The van der Waals surface area contributed by atoms with Gasteiger partial charge in [0.1, 0.15) is 18.0 Å². The lowest BCUT2D eigenvalue weighted by molar-refractivity contribution is 0.0914. The number of nitrogens with two attached hydrogens (primary N) is 1. The van der Waals surface area contributed by atoms with Crippen LogP contribution in [0.2, 0.25) is 0 Å². The summed E-state index contributed by atoms with van der Waals surface area (Å²) >= 11 is 0. The molecule has 1 amide bonds. The molecule has 1 aromatic heterocycles. The molecule has 0 fully saturated rings. The van der Waals surface area contributed by atoms with Crippen molar-refractivity contribution in [2.75, 3.05) is 5.73 Å². The van der Waals surface area contributed by atoms with Crippen molar-refractivity contribution in [1.82, 2.24) is 10.3 Å². The summed E-state index contributed by atoms with van der Waals surface area (Å²) in [6.45, 7) is 4.30. The van der Waals surface area contributed by atoms with E-state index in [4.69, 9.17) is 10.5 Å². The minimum absolute atomic E-state index is 0.0385. The third-order valence-electron chi connectivity index (χ3n) is 5.94. The molecule has 150 valence electrons. The maximum atomic E-state index is 12.9. The number of hydrogen-bond acceptors (Lipinski definition) is 4. The van der Waals surface area contributed by atoms with E-state index in [1.165, 1.54) is 5.57 Å². The number of nitrogens with one attached hydrogen (secondary N) is 1. The van der Waals surface area contributed by atoms with Gasteiger partial charge < -0.3 is 15.8 Å². The van der Waals surface area contributed by atoms with E-state index in [2.05, 4.69) is 28.5 Å². The van der Waals surface area contributed by atoms with E-state index in [1.54, 1.807) is 0 Å². The predicted octanol–water partition coefficient (Wildman–Crippen LogP) is 4.42. The Kier molecular flexibility index (Phi) is 4.40. The maximum absolute atomic E-state index is 12.9. The molecule has 3 heterocycles. The van der Waals surface area contributed by atoms with Crippen molar-refractivity contribution >= 4 is 17.3 Å². The predicted molar refractivity (Wildman–Crippen MR) is 117 cm³/mol. The Morgan fingerprint density at radius 1 is 1.10 bits per heavy atom. The van der Waals surface area contributed by atoms with Crippen LogP contribution in [0.3, 0.4) is 0 Å². The summed E-state index contributed by atoms with van der Waals surface area (Å²) in [5.74, 6) is 0.387. The van der Waals surface area contributed by atoms with Gasteiger partial charge in [-0.25, -0.2) is 4.98 Å². The lowest BCUT2D eigenvalue weighted by atomic mass is 9.87. The number of carbonyl (C=O) groups excluding carboxylic acids is 1. The van der Waals surface area contributed by atoms with Gasteiger partial charge in [0.15, 0.2) is 0 Å². The van der Waals surface area contributed by atoms with Crippen molar-refractivity contribution in [2.24, 2.45) is 0 Å². The Hall–Kier alpha value is -3.44. The molecule has 2 atom stereocenters. The second kappa shape index (κ2) is 7.11. The molecule has 2 aliphatic heterocycles. The minimum Gasteiger partial charge on any atom is -0.384 e. The van der Waals surface area contributed by atoms with E-state index in [0.29, 0.717) is 17.9 Å². The van der Waals surface area contributed by atoms with Crippen LogP contribution in [0.25, 0.3) is 5.57 Å². The number of rotatable bonds is 4. The average molecular weight is 397 g/mol. The van der Waals surface area contributed by atoms with Crippen molar-refractivity contribution in [3.63, 3.8) is 0 Å². The molecule has 2 unspecified atom stereocenters. The molecule has 2 aliphatic rings. The molecule has 0 spiro atoms. The highest BCUT2D eigenvalue weighted by Crippen LogP contribution is 2.53. The highest BCUT2D eigenvalue weighted by Gasteiger charge is 2.39. The minimum atomic E-state index is -0.120. The van der Waals surface area contributed by atoms with Gasteiger partial charge in [0.05, 0.1) is 0 Å². The van der Waals surface area contributed by atoms with Gasteiger partial charge >= 0.3 is 0 Å². The average Bonchev–Trinajstić information content (AvgIpc) is 3.33. The maximum Gasteiger partial charge on any atom is 0.251 e. The lowest BCUT2D eigenvalue weighted by Crippen LogP contribution is -2.24. The first kappa shape index (κ1) is 18.6. The Labute approximate surface area is 175 Å². The van der Waals surface area contributed by atoms with Gasteiger partial charge in [-0.2, -0.15) is 0 Å². The molecular weight excluding hydrogens is 374 g/mol. The first-order chi connectivity index (χ1) is 14.5. The highest BCUT2D eigenvalue weighted by molar-refractivity contribution is 5.95. The number of anilines is 1. The fraction of sp³-hybridized carbons (Fsp3) is 0.200. The van der Waals surface area contributed by atoms with Crippen LogP contribution in [0.4, 0.5) is 5.82 Å². The van der Waals surface area contributed by atoms with Crippen molar-refractivity contribution < 1.29 is 9.53 Å². The largest absolute Gasteiger partial charge is 0.384 e. The van der Waals surface area contributed by atoms with Crippen LogP contribution in [0, 0.1) is 13.8 Å². The number of benzene rings is 2. The Balaban J connectivity index is 1.36. The molecule has 0 saturated heterocycles. The van der Waals surface area contributed by atoms with Gasteiger partial charge in [-0.3, -0.25) is 4.79 Å². The number of aryl methyl sites for hydroxylation is 2. The molecule has 0 saturated carbocycles. The molecule has 3 aromatic rings. The topological polar surface area (TPSA) is 77.2 Å².